The molecular formula is C11H23NO2S. The molecule has 90 valence electrons. The van der Waals surface area contributed by atoms with E-state index >= 15 is 0 Å². The van der Waals surface area contributed by atoms with Crippen LogP contribution in [0.2, 0.25) is 0 Å². The standard InChI is InChI=1S/C11H23NO2S/c1-9(2)7-12-8-11(15(4,13)14)5-10(3)6-11/h9-10,12H,5-8H2,1-4H3. The molecule has 15 heavy (non-hydrogen) atoms. The Bertz CT molecular complexity index is 303. The summed E-state index contributed by atoms with van der Waals surface area (Å²) in [6, 6.07) is 0. The Labute approximate surface area is 93.6 Å². The van der Waals surface area contributed by atoms with Crippen molar-refractivity contribution < 1.29 is 8.42 Å². The summed E-state index contributed by atoms with van der Waals surface area (Å²) in [6.45, 7) is 7.89. The number of sulfone groups is 1. The van der Waals surface area contributed by atoms with E-state index in [0.29, 0.717) is 18.4 Å². The van der Waals surface area contributed by atoms with Crippen molar-refractivity contribution in [3.05, 3.63) is 0 Å². The summed E-state index contributed by atoms with van der Waals surface area (Å²) in [6.07, 6.45) is 3.00. The molecule has 3 nitrogen and oxygen atoms in total. The largest absolute Gasteiger partial charge is 0.315 e. The fraction of sp³-hybridized carbons (Fsp3) is 1.00. The Morgan fingerprint density at radius 2 is 1.93 bits per heavy atom. The Balaban J connectivity index is 2.54. The van der Waals surface area contributed by atoms with Crippen LogP contribution in [0.1, 0.15) is 33.6 Å². The molecule has 0 spiro atoms. The Morgan fingerprint density at radius 1 is 1.40 bits per heavy atom. The molecule has 4 heteroatoms. The molecule has 1 rings (SSSR count). The van der Waals surface area contributed by atoms with Crippen LogP contribution < -0.4 is 5.32 Å². The van der Waals surface area contributed by atoms with Gasteiger partial charge in [0.25, 0.3) is 0 Å². The normalized spacial score (nSPS) is 31.7. The van der Waals surface area contributed by atoms with E-state index in [2.05, 4.69) is 26.1 Å². The summed E-state index contributed by atoms with van der Waals surface area (Å²) in [5, 5.41) is 3.28. The van der Waals surface area contributed by atoms with Crippen LogP contribution in [0.3, 0.4) is 0 Å². The van der Waals surface area contributed by atoms with Crippen molar-refractivity contribution in [1.82, 2.24) is 5.32 Å². The van der Waals surface area contributed by atoms with E-state index in [1.165, 1.54) is 6.26 Å². The van der Waals surface area contributed by atoms with Gasteiger partial charge < -0.3 is 5.32 Å². The summed E-state index contributed by atoms with van der Waals surface area (Å²) in [5.74, 6) is 1.12. The van der Waals surface area contributed by atoms with Gasteiger partial charge in [0.1, 0.15) is 0 Å². The molecule has 0 saturated heterocycles. The maximum Gasteiger partial charge on any atom is 0.154 e. The molecular weight excluding hydrogens is 210 g/mol. The van der Waals surface area contributed by atoms with Crippen LogP contribution in [0.4, 0.5) is 0 Å². The molecule has 0 amide bonds. The van der Waals surface area contributed by atoms with E-state index in [4.69, 9.17) is 0 Å². The topological polar surface area (TPSA) is 46.2 Å². The van der Waals surface area contributed by atoms with Crippen LogP contribution in [-0.4, -0.2) is 32.5 Å². The molecule has 0 aromatic rings. The maximum atomic E-state index is 11.7. The first kappa shape index (κ1) is 13.0. The molecule has 0 aromatic carbocycles. The van der Waals surface area contributed by atoms with Gasteiger partial charge in [0.15, 0.2) is 9.84 Å². The Morgan fingerprint density at radius 3 is 2.27 bits per heavy atom. The number of nitrogens with one attached hydrogen (secondary N) is 1. The molecule has 1 N–H and O–H groups in total. The van der Waals surface area contributed by atoms with Gasteiger partial charge in [-0.2, -0.15) is 0 Å². The van der Waals surface area contributed by atoms with Crippen LogP contribution in [0.15, 0.2) is 0 Å². The zero-order valence-electron chi connectivity index (χ0n) is 10.2. The minimum absolute atomic E-state index is 0.471. The molecule has 0 aliphatic heterocycles. The third-order valence-electron chi connectivity index (χ3n) is 3.23. The maximum absolute atomic E-state index is 11.7. The molecule has 0 atom stereocenters. The van der Waals surface area contributed by atoms with Gasteiger partial charge in [0.05, 0.1) is 4.75 Å². The van der Waals surface area contributed by atoms with Crippen molar-refractivity contribution in [2.75, 3.05) is 19.3 Å². The Kier molecular flexibility index (Phi) is 3.82. The van der Waals surface area contributed by atoms with Gasteiger partial charge >= 0.3 is 0 Å². The average Bonchev–Trinajstić information content (AvgIpc) is 1.97. The van der Waals surface area contributed by atoms with Crippen LogP contribution in [-0.2, 0) is 9.84 Å². The van der Waals surface area contributed by atoms with Crippen LogP contribution >= 0.6 is 0 Å². The SMILES string of the molecule is CC(C)CNCC1(S(C)(=O)=O)CC(C)C1. The smallest absolute Gasteiger partial charge is 0.154 e. The van der Waals surface area contributed by atoms with Gasteiger partial charge in [0, 0.05) is 12.8 Å². The second kappa shape index (κ2) is 4.42. The van der Waals surface area contributed by atoms with Crippen molar-refractivity contribution in [3.8, 4) is 0 Å². The van der Waals surface area contributed by atoms with Gasteiger partial charge in [-0.05, 0) is 31.2 Å². The second-order valence-corrected chi connectivity index (χ2v) is 7.90. The fourth-order valence-corrected chi connectivity index (χ4v) is 3.92. The molecule has 1 fully saturated rings. The summed E-state index contributed by atoms with van der Waals surface area (Å²) in [4.78, 5) is 0. The van der Waals surface area contributed by atoms with Crippen molar-refractivity contribution in [2.24, 2.45) is 11.8 Å². The first-order chi connectivity index (χ1) is 6.77. The summed E-state index contributed by atoms with van der Waals surface area (Å²) in [5.41, 5.74) is 0. The van der Waals surface area contributed by atoms with Crippen molar-refractivity contribution in [3.63, 3.8) is 0 Å². The highest BCUT2D eigenvalue weighted by Crippen LogP contribution is 2.42. The average molecular weight is 233 g/mol. The fourth-order valence-electron chi connectivity index (χ4n) is 2.38. The zero-order valence-corrected chi connectivity index (χ0v) is 11.0. The van der Waals surface area contributed by atoms with E-state index in [9.17, 15) is 8.42 Å². The molecule has 0 radical (unpaired) electrons. The molecule has 0 bridgehead atoms. The minimum Gasteiger partial charge on any atom is -0.315 e. The van der Waals surface area contributed by atoms with E-state index in [1.807, 2.05) is 0 Å². The van der Waals surface area contributed by atoms with Crippen molar-refractivity contribution in [1.29, 1.82) is 0 Å². The molecule has 1 aliphatic carbocycles. The predicted octanol–water partition coefficient (Wildman–Crippen LogP) is 1.45. The number of hydrogen-bond donors (Lipinski definition) is 1. The zero-order chi connectivity index (χ0) is 11.7. The summed E-state index contributed by atoms with van der Waals surface area (Å²) in [7, 11) is -2.92. The van der Waals surface area contributed by atoms with Gasteiger partial charge in [-0.1, -0.05) is 20.8 Å². The van der Waals surface area contributed by atoms with Crippen molar-refractivity contribution >= 4 is 9.84 Å². The highest BCUT2D eigenvalue weighted by atomic mass is 32.2. The third-order valence-corrected chi connectivity index (χ3v) is 5.28. The summed E-state index contributed by atoms with van der Waals surface area (Å²) < 4.78 is 23.0. The molecule has 0 unspecified atom stereocenters. The summed E-state index contributed by atoms with van der Waals surface area (Å²) >= 11 is 0. The van der Waals surface area contributed by atoms with Crippen molar-refractivity contribution in [2.45, 2.75) is 38.4 Å². The Hall–Kier alpha value is -0.0900. The molecule has 1 saturated carbocycles. The van der Waals surface area contributed by atoms with Crippen LogP contribution in [0.25, 0.3) is 0 Å². The van der Waals surface area contributed by atoms with E-state index in [-0.39, 0.29) is 0 Å². The lowest BCUT2D eigenvalue weighted by molar-refractivity contribution is 0.228. The number of hydrogen-bond acceptors (Lipinski definition) is 3. The first-order valence-electron chi connectivity index (χ1n) is 5.67. The monoisotopic (exact) mass is 233 g/mol. The van der Waals surface area contributed by atoms with E-state index < -0.39 is 14.6 Å². The highest BCUT2D eigenvalue weighted by molar-refractivity contribution is 7.92. The van der Waals surface area contributed by atoms with Gasteiger partial charge in [-0.15, -0.1) is 0 Å². The van der Waals surface area contributed by atoms with Crippen LogP contribution in [0, 0.1) is 11.8 Å². The lowest BCUT2D eigenvalue weighted by atomic mass is 9.75. The van der Waals surface area contributed by atoms with E-state index in [1.54, 1.807) is 0 Å². The van der Waals surface area contributed by atoms with E-state index in [0.717, 1.165) is 19.4 Å². The quantitative estimate of drug-likeness (QED) is 0.781. The molecule has 0 heterocycles. The lowest BCUT2D eigenvalue weighted by Crippen LogP contribution is -2.55. The molecule has 0 aromatic heterocycles. The first-order valence-corrected chi connectivity index (χ1v) is 7.56. The number of rotatable bonds is 5. The highest BCUT2D eigenvalue weighted by Gasteiger charge is 2.49. The second-order valence-electron chi connectivity index (χ2n) is 5.49. The lowest BCUT2D eigenvalue weighted by Gasteiger charge is -2.45. The minimum atomic E-state index is -2.92. The third kappa shape index (κ3) is 2.94. The molecule has 1 aliphatic rings. The van der Waals surface area contributed by atoms with Gasteiger partial charge in [0.2, 0.25) is 0 Å². The predicted molar refractivity (Wildman–Crippen MR) is 63.7 cm³/mol. The van der Waals surface area contributed by atoms with Gasteiger partial charge in [-0.25, -0.2) is 8.42 Å². The van der Waals surface area contributed by atoms with Gasteiger partial charge in [-0.3, -0.25) is 0 Å². The van der Waals surface area contributed by atoms with Crippen LogP contribution in [0.5, 0.6) is 0 Å².